The average molecular weight is 368 g/mol. The highest BCUT2D eigenvalue weighted by Crippen LogP contribution is 2.24. The zero-order chi connectivity index (χ0) is 19.4. The fourth-order valence-electron chi connectivity index (χ4n) is 2.76. The van der Waals surface area contributed by atoms with Crippen LogP contribution in [-0.2, 0) is 17.8 Å². The van der Waals surface area contributed by atoms with Gasteiger partial charge in [-0.1, -0.05) is 24.3 Å². The number of aryl methyl sites for hydroxylation is 1. The van der Waals surface area contributed by atoms with Crippen molar-refractivity contribution in [3.8, 4) is 11.5 Å². The number of carbonyl (C=O) groups is 1. The van der Waals surface area contributed by atoms with Crippen LogP contribution in [0.15, 0.2) is 46.9 Å². The molecule has 3 rings (SSSR count). The normalized spacial score (nSPS) is 12.0. The third-order valence-electron chi connectivity index (χ3n) is 4.22. The van der Waals surface area contributed by atoms with Crippen molar-refractivity contribution >= 4 is 5.91 Å². The lowest BCUT2D eigenvalue weighted by Gasteiger charge is -2.14. The highest BCUT2D eigenvalue weighted by atomic mass is 19.1. The van der Waals surface area contributed by atoms with Crippen LogP contribution in [0.5, 0.6) is 0 Å². The molecule has 3 aromatic rings. The van der Waals surface area contributed by atoms with Crippen LogP contribution in [-0.4, -0.2) is 16.1 Å². The second-order valence-electron chi connectivity index (χ2n) is 6.39. The van der Waals surface area contributed by atoms with E-state index in [0.717, 1.165) is 11.1 Å². The number of hydrogen-bond donors (Lipinski definition) is 2. The minimum absolute atomic E-state index is 0.198. The molecule has 0 fully saturated rings. The molecule has 0 radical (unpaired) electrons. The van der Waals surface area contributed by atoms with Crippen molar-refractivity contribution < 1.29 is 13.6 Å². The third-order valence-corrected chi connectivity index (χ3v) is 4.22. The van der Waals surface area contributed by atoms with E-state index in [1.165, 1.54) is 13.0 Å². The zero-order valence-electron chi connectivity index (χ0n) is 15.2. The van der Waals surface area contributed by atoms with Gasteiger partial charge in [0.2, 0.25) is 17.7 Å². The lowest BCUT2D eigenvalue weighted by Crippen LogP contribution is -2.28. The first-order valence-corrected chi connectivity index (χ1v) is 8.61. The van der Waals surface area contributed by atoms with E-state index in [0.29, 0.717) is 30.0 Å². The SMILES string of the molecule is CC(=O)NC(Cc1ccc(CN)cc1)c1nnc(-c2ccc(F)c(C)c2)o1. The van der Waals surface area contributed by atoms with Crippen molar-refractivity contribution in [2.75, 3.05) is 0 Å². The molecule has 0 aliphatic rings. The van der Waals surface area contributed by atoms with Crippen molar-refractivity contribution in [3.05, 3.63) is 70.9 Å². The molecule has 0 saturated carbocycles. The maximum absolute atomic E-state index is 13.5. The quantitative estimate of drug-likeness (QED) is 0.697. The number of halogens is 1. The molecule has 1 atom stereocenters. The lowest BCUT2D eigenvalue weighted by molar-refractivity contribution is -0.119. The van der Waals surface area contributed by atoms with Crippen molar-refractivity contribution in [3.63, 3.8) is 0 Å². The van der Waals surface area contributed by atoms with Gasteiger partial charge in [-0.15, -0.1) is 10.2 Å². The number of amides is 1. The van der Waals surface area contributed by atoms with Crippen LogP contribution in [0.3, 0.4) is 0 Å². The number of benzene rings is 2. The summed E-state index contributed by atoms with van der Waals surface area (Å²) in [4.78, 5) is 11.6. The molecule has 0 saturated heterocycles. The number of rotatable bonds is 6. The summed E-state index contributed by atoms with van der Waals surface area (Å²) in [6, 6.07) is 11.9. The van der Waals surface area contributed by atoms with Gasteiger partial charge in [0.25, 0.3) is 0 Å². The Morgan fingerprint density at radius 3 is 2.52 bits per heavy atom. The summed E-state index contributed by atoms with van der Waals surface area (Å²) in [5, 5.41) is 11.0. The monoisotopic (exact) mass is 368 g/mol. The van der Waals surface area contributed by atoms with Gasteiger partial charge in [-0.2, -0.15) is 0 Å². The molecule has 3 N–H and O–H groups in total. The Bertz CT molecular complexity index is 937. The fourth-order valence-corrected chi connectivity index (χ4v) is 2.76. The first kappa shape index (κ1) is 18.7. The van der Waals surface area contributed by atoms with E-state index in [4.69, 9.17) is 10.2 Å². The summed E-state index contributed by atoms with van der Waals surface area (Å²) < 4.78 is 19.2. The van der Waals surface area contributed by atoms with Crippen LogP contribution in [0, 0.1) is 12.7 Å². The van der Waals surface area contributed by atoms with Crippen molar-refractivity contribution in [1.29, 1.82) is 0 Å². The summed E-state index contributed by atoms with van der Waals surface area (Å²) in [6.45, 7) is 3.58. The van der Waals surface area contributed by atoms with Gasteiger partial charge < -0.3 is 15.5 Å². The van der Waals surface area contributed by atoms with E-state index < -0.39 is 6.04 Å². The molecule has 1 aromatic heterocycles. The second-order valence-corrected chi connectivity index (χ2v) is 6.39. The van der Waals surface area contributed by atoms with Crippen LogP contribution in [0.25, 0.3) is 11.5 Å². The van der Waals surface area contributed by atoms with Crippen LogP contribution in [0.1, 0.15) is 35.5 Å². The number of hydrogen-bond acceptors (Lipinski definition) is 5. The number of nitrogens with one attached hydrogen (secondary N) is 1. The van der Waals surface area contributed by atoms with Gasteiger partial charge in [0.1, 0.15) is 11.9 Å². The minimum Gasteiger partial charge on any atom is -0.418 e. The van der Waals surface area contributed by atoms with Crippen molar-refractivity contribution in [1.82, 2.24) is 15.5 Å². The molecule has 7 heteroatoms. The summed E-state index contributed by atoms with van der Waals surface area (Å²) in [7, 11) is 0. The number of nitrogens with zero attached hydrogens (tertiary/aromatic N) is 2. The lowest BCUT2D eigenvalue weighted by atomic mass is 10.0. The van der Waals surface area contributed by atoms with Crippen LogP contribution >= 0.6 is 0 Å². The second kappa shape index (κ2) is 8.09. The molecule has 0 aliphatic carbocycles. The Hall–Kier alpha value is -3.06. The molecule has 1 amide bonds. The predicted octanol–water partition coefficient (Wildman–Crippen LogP) is 3.06. The van der Waals surface area contributed by atoms with Crippen LogP contribution in [0.4, 0.5) is 4.39 Å². The Kier molecular flexibility index (Phi) is 5.61. The molecule has 27 heavy (non-hydrogen) atoms. The minimum atomic E-state index is -0.464. The largest absolute Gasteiger partial charge is 0.418 e. The zero-order valence-corrected chi connectivity index (χ0v) is 15.2. The van der Waals surface area contributed by atoms with E-state index in [1.807, 2.05) is 24.3 Å². The van der Waals surface area contributed by atoms with Gasteiger partial charge in [0, 0.05) is 25.5 Å². The molecule has 140 valence electrons. The molecular weight excluding hydrogens is 347 g/mol. The standard InChI is InChI=1S/C20H21FN4O2/c1-12-9-16(7-8-17(12)21)19-24-25-20(27-19)18(23-13(2)26)10-14-3-5-15(11-22)6-4-14/h3-9,18H,10-11,22H2,1-2H3,(H,23,26). The van der Waals surface area contributed by atoms with Gasteiger partial charge in [-0.05, 0) is 41.8 Å². The summed E-state index contributed by atoms with van der Waals surface area (Å²) in [6.07, 6.45) is 0.495. The molecule has 2 aromatic carbocycles. The van der Waals surface area contributed by atoms with E-state index in [2.05, 4.69) is 15.5 Å². The number of carbonyl (C=O) groups excluding carboxylic acids is 1. The van der Waals surface area contributed by atoms with E-state index >= 15 is 0 Å². The number of nitrogens with two attached hydrogens (primary N) is 1. The van der Waals surface area contributed by atoms with Gasteiger partial charge in [0.15, 0.2) is 0 Å². The van der Waals surface area contributed by atoms with Gasteiger partial charge >= 0.3 is 0 Å². The third kappa shape index (κ3) is 4.57. The average Bonchev–Trinajstić information content (AvgIpc) is 3.14. The maximum atomic E-state index is 13.5. The van der Waals surface area contributed by atoms with E-state index in [1.54, 1.807) is 19.1 Å². The van der Waals surface area contributed by atoms with Gasteiger partial charge in [-0.3, -0.25) is 4.79 Å². The highest BCUT2D eigenvalue weighted by Gasteiger charge is 2.21. The molecule has 6 nitrogen and oxygen atoms in total. The Labute approximate surface area is 156 Å². The van der Waals surface area contributed by atoms with Crippen molar-refractivity contribution in [2.24, 2.45) is 5.73 Å². The Balaban J connectivity index is 1.85. The summed E-state index contributed by atoms with van der Waals surface area (Å²) in [5.74, 6) is 0.0819. The number of aromatic nitrogens is 2. The molecule has 0 aliphatic heterocycles. The van der Waals surface area contributed by atoms with E-state index in [9.17, 15) is 9.18 Å². The molecule has 1 heterocycles. The molecule has 0 bridgehead atoms. The maximum Gasteiger partial charge on any atom is 0.247 e. The predicted molar refractivity (Wildman–Crippen MR) is 99.0 cm³/mol. The molecular formula is C20H21FN4O2. The van der Waals surface area contributed by atoms with Gasteiger partial charge in [-0.25, -0.2) is 4.39 Å². The smallest absolute Gasteiger partial charge is 0.247 e. The topological polar surface area (TPSA) is 94.0 Å². The Morgan fingerprint density at radius 1 is 1.19 bits per heavy atom. The first-order chi connectivity index (χ1) is 13.0. The summed E-state index contributed by atoms with van der Waals surface area (Å²) in [5.41, 5.74) is 8.77. The molecule has 1 unspecified atom stereocenters. The Morgan fingerprint density at radius 2 is 1.89 bits per heavy atom. The molecule has 0 spiro atoms. The van der Waals surface area contributed by atoms with Crippen LogP contribution < -0.4 is 11.1 Å². The first-order valence-electron chi connectivity index (χ1n) is 8.61. The fraction of sp³-hybridized carbons (Fsp3) is 0.250. The van der Waals surface area contributed by atoms with Gasteiger partial charge in [0.05, 0.1) is 0 Å². The van der Waals surface area contributed by atoms with E-state index in [-0.39, 0.29) is 17.6 Å². The highest BCUT2D eigenvalue weighted by molar-refractivity contribution is 5.73. The van der Waals surface area contributed by atoms with Crippen LogP contribution in [0.2, 0.25) is 0 Å². The summed E-state index contributed by atoms with van der Waals surface area (Å²) >= 11 is 0. The van der Waals surface area contributed by atoms with Crippen molar-refractivity contribution in [2.45, 2.75) is 32.9 Å².